The van der Waals surface area contributed by atoms with Crippen LogP contribution in [0.5, 0.6) is 5.75 Å². The molecule has 1 aliphatic carbocycles. The molecule has 5 rings (SSSR count). The topological polar surface area (TPSA) is 100.0 Å². The Hall–Kier alpha value is -3.23. The lowest BCUT2D eigenvalue weighted by molar-refractivity contribution is -0.138. The molecule has 0 bridgehead atoms. The summed E-state index contributed by atoms with van der Waals surface area (Å²) in [7, 11) is 0.575. The maximum absolute atomic E-state index is 13.0. The number of carbonyl (C=O) groups is 2. The lowest BCUT2D eigenvalue weighted by Gasteiger charge is -2.42. The van der Waals surface area contributed by atoms with Gasteiger partial charge >= 0.3 is 7.12 Å². The summed E-state index contributed by atoms with van der Waals surface area (Å²) in [6.07, 6.45) is 5.62. The zero-order valence-corrected chi connectivity index (χ0v) is 21.8. The van der Waals surface area contributed by atoms with Crippen molar-refractivity contribution in [2.24, 2.45) is 17.8 Å². The van der Waals surface area contributed by atoms with E-state index in [0.717, 1.165) is 39.1 Å². The molecule has 2 N–H and O–H groups in total. The number of hydrogen-bond acceptors (Lipinski definition) is 6. The van der Waals surface area contributed by atoms with Crippen molar-refractivity contribution in [2.75, 3.05) is 7.05 Å². The minimum Gasteiger partial charge on any atom is -0.507 e. The number of imide groups is 1. The van der Waals surface area contributed by atoms with Crippen LogP contribution < -0.4 is 0 Å². The number of rotatable bonds is 5. The summed E-state index contributed by atoms with van der Waals surface area (Å²) in [4.78, 5) is 31.5. The van der Waals surface area contributed by atoms with E-state index in [2.05, 4.69) is 11.1 Å². The van der Waals surface area contributed by atoms with E-state index >= 15 is 0 Å². The number of nitrogens with zero attached hydrogens (tertiary/aromatic N) is 2. The van der Waals surface area contributed by atoms with Gasteiger partial charge in [0, 0.05) is 13.2 Å². The van der Waals surface area contributed by atoms with Crippen molar-refractivity contribution in [3.05, 3.63) is 70.1 Å². The van der Waals surface area contributed by atoms with Crippen LogP contribution in [0.15, 0.2) is 47.7 Å². The molecule has 3 heterocycles. The van der Waals surface area contributed by atoms with Crippen LogP contribution in [0.3, 0.4) is 0 Å². The number of aromatic nitrogens is 1. The predicted octanol–water partition coefficient (Wildman–Crippen LogP) is 4.17. The third kappa shape index (κ3) is 4.64. The van der Waals surface area contributed by atoms with Crippen LogP contribution >= 0.6 is 0 Å². The first-order valence-corrected chi connectivity index (χ1v) is 12.9. The number of pyridine rings is 1. The van der Waals surface area contributed by atoms with Crippen LogP contribution in [-0.2, 0) is 14.2 Å². The summed E-state index contributed by atoms with van der Waals surface area (Å²) >= 11 is 0. The fraction of sp³-hybridized carbons (Fsp3) is 0.414. The van der Waals surface area contributed by atoms with Crippen molar-refractivity contribution in [3.63, 3.8) is 0 Å². The number of likely N-dealkylation sites (tertiary alicyclic amines) is 1. The molecular formula is C29H33BN2O5. The lowest BCUT2D eigenvalue weighted by atomic mass is 9.58. The first kappa shape index (κ1) is 25.4. The second kappa shape index (κ2) is 9.91. The van der Waals surface area contributed by atoms with Gasteiger partial charge in [0.05, 0.1) is 23.6 Å². The quantitative estimate of drug-likeness (QED) is 0.363. The van der Waals surface area contributed by atoms with Crippen LogP contribution in [0, 0.1) is 31.6 Å². The van der Waals surface area contributed by atoms with Gasteiger partial charge in [-0.05, 0) is 110 Å². The van der Waals surface area contributed by atoms with Crippen LogP contribution in [0.4, 0.5) is 0 Å². The summed E-state index contributed by atoms with van der Waals surface area (Å²) in [5.41, 5.74) is 6.63. The largest absolute Gasteiger partial charge is 0.507 e. The van der Waals surface area contributed by atoms with Gasteiger partial charge in [-0.1, -0.05) is 11.6 Å². The van der Waals surface area contributed by atoms with Crippen LogP contribution in [-0.4, -0.2) is 52.1 Å². The van der Waals surface area contributed by atoms with E-state index in [1.54, 1.807) is 13.2 Å². The van der Waals surface area contributed by atoms with Crippen molar-refractivity contribution in [1.29, 1.82) is 0 Å². The predicted molar refractivity (Wildman–Crippen MR) is 142 cm³/mol. The maximum atomic E-state index is 13.0. The summed E-state index contributed by atoms with van der Waals surface area (Å²) in [6.45, 7) is 5.80. The number of fused-ring (bicyclic) bond motifs is 3. The molecule has 2 saturated heterocycles. The van der Waals surface area contributed by atoms with Gasteiger partial charge in [-0.2, -0.15) is 0 Å². The summed E-state index contributed by atoms with van der Waals surface area (Å²) in [5.74, 6) is -0.932. The number of phenols is 1. The minimum atomic E-state index is -0.983. The second-order valence-electron chi connectivity index (χ2n) is 10.7. The molecule has 4 atom stereocenters. The molecule has 2 amide bonds. The van der Waals surface area contributed by atoms with E-state index in [0.29, 0.717) is 31.3 Å². The third-order valence-electron chi connectivity index (χ3n) is 8.20. The number of benzene rings is 1. The Bertz CT molecular complexity index is 1280. The highest BCUT2D eigenvalue weighted by molar-refractivity contribution is 6.43. The zero-order chi connectivity index (χ0) is 26.4. The molecule has 192 valence electrons. The number of allylic oxidation sites excluding steroid dienone is 2. The fourth-order valence-electron chi connectivity index (χ4n) is 6.46. The molecule has 1 aromatic heterocycles. The molecule has 0 saturated carbocycles. The minimum absolute atomic E-state index is 0.120. The summed E-state index contributed by atoms with van der Waals surface area (Å²) in [6, 6.07) is 9.71. The number of carbonyl (C=O) groups excluding carboxylic acids is 2. The Kier molecular flexibility index (Phi) is 6.81. The molecule has 2 fully saturated rings. The number of phenolic OH excluding ortho intramolecular Hbond substituents is 1. The highest BCUT2D eigenvalue weighted by Crippen LogP contribution is 2.50. The first-order chi connectivity index (χ1) is 17.7. The van der Waals surface area contributed by atoms with Crippen LogP contribution in [0.2, 0.25) is 6.32 Å². The van der Waals surface area contributed by atoms with E-state index in [1.165, 1.54) is 4.90 Å². The molecule has 0 unspecified atom stereocenters. The lowest BCUT2D eigenvalue weighted by Crippen LogP contribution is -2.45. The molecule has 0 radical (unpaired) electrons. The zero-order valence-electron chi connectivity index (χ0n) is 21.8. The van der Waals surface area contributed by atoms with Gasteiger partial charge in [0.15, 0.2) is 0 Å². The van der Waals surface area contributed by atoms with Gasteiger partial charge in [0.2, 0.25) is 11.8 Å². The number of hydrogen-bond donors (Lipinski definition) is 2. The van der Waals surface area contributed by atoms with Gasteiger partial charge < -0.3 is 14.8 Å². The van der Waals surface area contributed by atoms with E-state index in [-0.39, 0.29) is 29.8 Å². The monoisotopic (exact) mass is 500 g/mol. The standard InChI is InChI=1S/C29H33BN2O5/c1-16-13-21-26(29(35)32(4)28(21)34)22-15-30(36)37-24(25(16)22)9-8-20(23-7-5-6-10-31-23)14-19-11-17(2)27(33)18(3)12-19/h5-7,10-12,14,21-22,24,26,33,36H,8-9,13,15H2,1-4H3/b20-14-/t21-,22+,24-,26-/m1/s1. The molecule has 37 heavy (non-hydrogen) atoms. The Morgan fingerprint density at radius 1 is 1.16 bits per heavy atom. The Balaban J connectivity index is 1.46. The molecule has 0 spiro atoms. The Labute approximate surface area is 218 Å². The molecule has 1 aromatic carbocycles. The van der Waals surface area contributed by atoms with Crippen LogP contribution in [0.1, 0.15) is 48.6 Å². The molecule has 2 aliphatic heterocycles. The van der Waals surface area contributed by atoms with Gasteiger partial charge in [-0.25, -0.2) is 0 Å². The van der Waals surface area contributed by atoms with Crippen molar-refractivity contribution in [1.82, 2.24) is 9.88 Å². The van der Waals surface area contributed by atoms with Gasteiger partial charge in [0.1, 0.15) is 5.75 Å². The smallest absolute Gasteiger partial charge is 0.455 e. The van der Waals surface area contributed by atoms with E-state index in [9.17, 15) is 19.7 Å². The van der Waals surface area contributed by atoms with Crippen molar-refractivity contribution in [3.8, 4) is 5.75 Å². The average molecular weight is 500 g/mol. The highest BCUT2D eigenvalue weighted by atomic mass is 16.5. The second-order valence-corrected chi connectivity index (χ2v) is 10.7. The Morgan fingerprint density at radius 2 is 1.89 bits per heavy atom. The number of aromatic hydroxyl groups is 1. The van der Waals surface area contributed by atoms with E-state index < -0.39 is 13.0 Å². The normalized spacial score (nSPS) is 26.0. The first-order valence-electron chi connectivity index (χ1n) is 12.9. The number of aryl methyl sites for hydroxylation is 2. The van der Waals surface area contributed by atoms with E-state index in [4.69, 9.17) is 4.65 Å². The molecule has 3 aliphatic rings. The fourth-order valence-corrected chi connectivity index (χ4v) is 6.46. The highest BCUT2D eigenvalue weighted by Gasteiger charge is 2.55. The Morgan fingerprint density at radius 3 is 2.57 bits per heavy atom. The SMILES string of the molecule is CC1=C2[C@@H](CC/C(=C/c3cc(C)c(O)c(C)c3)c3ccccn3)OB(O)C[C@@H]2[C@@H]2C(=O)N(C)C(=O)[C@@H]2C1. The maximum Gasteiger partial charge on any atom is 0.455 e. The van der Waals surface area contributed by atoms with Crippen LogP contribution in [0.25, 0.3) is 11.6 Å². The average Bonchev–Trinajstić information content (AvgIpc) is 3.08. The van der Waals surface area contributed by atoms with Gasteiger partial charge in [0.25, 0.3) is 0 Å². The van der Waals surface area contributed by atoms with Crippen molar-refractivity contribution in [2.45, 2.75) is 52.5 Å². The summed E-state index contributed by atoms with van der Waals surface area (Å²) in [5, 5.41) is 20.8. The molecule has 7 nitrogen and oxygen atoms in total. The van der Waals surface area contributed by atoms with Gasteiger partial charge in [-0.3, -0.25) is 19.5 Å². The summed E-state index contributed by atoms with van der Waals surface area (Å²) < 4.78 is 6.06. The van der Waals surface area contributed by atoms with Gasteiger partial charge in [-0.15, -0.1) is 0 Å². The number of amides is 2. The molecule has 2 aromatic rings. The van der Waals surface area contributed by atoms with E-state index in [1.807, 2.05) is 51.1 Å². The third-order valence-corrected chi connectivity index (χ3v) is 8.20. The van der Waals surface area contributed by atoms with Crippen molar-refractivity contribution >= 4 is 30.6 Å². The molecule has 8 heteroatoms. The van der Waals surface area contributed by atoms with Crippen molar-refractivity contribution < 1.29 is 24.4 Å². The molecular weight excluding hydrogens is 467 g/mol.